The molecule has 2 atom stereocenters. The molecule has 0 spiro atoms. The summed E-state index contributed by atoms with van der Waals surface area (Å²) < 4.78 is 0. The van der Waals surface area contributed by atoms with E-state index in [0.717, 1.165) is 29.6 Å². The van der Waals surface area contributed by atoms with Crippen LogP contribution in [0.1, 0.15) is 13.3 Å². The summed E-state index contributed by atoms with van der Waals surface area (Å²) in [7, 11) is 0. The Morgan fingerprint density at radius 3 is 3.11 bits per heavy atom. The van der Waals surface area contributed by atoms with Crippen molar-refractivity contribution in [2.75, 3.05) is 11.9 Å². The lowest BCUT2D eigenvalue weighted by Gasteiger charge is -2.15. The Morgan fingerprint density at radius 2 is 2.32 bits per heavy atom. The third-order valence-corrected chi connectivity index (χ3v) is 3.73. The normalized spacial score (nSPS) is 22.6. The first-order chi connectivity index (χ1) is 9.24. The second-order valence-electron chi connectivity index (χ2n) is 5.04. The molecule has 1 amide bonds. The molecular weight excluding hydrogens is 238 g/mol. The molecule has 1 fully saturated rings. The summed E-state index contributed by atoms with van der Waals surface area (Å²) in [5, 5.41) is 7.33. The maximum atomic E-state index is 12.2. The highest BCUT2D eigenvalue weighted by Crippen LogP contribution is 2.20. The minimum Gasteiger partial charge on any atom is -0.326 e. The van der Waals surface area contributed by atoms with E-state index in [1.54, 1.807) is 6.20 Å². The van der Waals surface area contributed by atoms with E-state index in [1.807, 2.05) is 30.3 Å². The largest absolute Gasteiger partial charge is 0.326 e. The molecule has 2 N–H and O–H groups in total. The van der Waals surface area contributed by atoms with E-state index in [-0.39, 0.29) is 17.9 Å². The summed E-state index contributed by atoms with van der Waals surface area (Å²) in [4.78, 5) is 16.5. The predicted octanol–water partition coefficient (Wildman–Crippen LogP) is 2.17. The molecule has 1 saturated heterocycles. The molecule has 4 heteroatoms. The molecule has 1 aromatic heterocycles. The van der Waals surface area contributed by atoms with E-state index in [0.29, 0.717) is 0 Å². The minimum atomic E-state index is 0.0598. The molecule has 1 aromatic carbocycles. The van der Waals surface area contributed by atoms with Gasteiger partial charge >= 0.3 is 0 Å². The fourth-order valence-corrected chi connectivity index (χ4v) is 2.61. The highest BCUT2D eigenvalue weighted by Gasteiger charge is 2.29. The molecule has 0 bridgehead atoms. The molecular formula is C15H17N3O. The second kappa shape index (κ2) is 4.97. The number of amides is 1. The fourth-order valence-electron chi connectivity index (χ4n) is 2.61. The summed E-state index contributed by atoms with van der Waals surface area (Å²) in [5.41, 5.74) is 1.78. The quantitative estimate of drug-likeness (QED) is 0.864. The van der Waals surface area contributed by atoms with Gasteiger partial charge in [0.25, 0.3) is 0 Å². The van der Waals surface area contributed by atoms with Gasteiger partial charge in [0.1, 0.15) is 0 Å². The Bertz CT molecular complexity index is 611. The molecule has 1 aliphatic rings. The van der Waals surface area contributed by atoms with E-state index < -0.39 is 0 Å². The van der Waals surface area contributed by atoms with Gasteiger partial charge in [-0.3, -0.25) is 9.78 Å². The number of fused-ring (bicyclic) bond motifs is 1. The van der Waals surface area contributed by atoms with Crippen LogP contribution in [0.4, 0.5) is 5.69 Å². The SMILES string of the molecule is CC1NCCC1C(=O)Nc1ccc2ncccc2c1. The lowest BCUT2D eigenvalue weighted by Crippen LogP contribution is -2.32. The number of hydrogen-bond acceptors (Lipinski definition) is 3. The highest BCUT2D eigenvalue weighted by atomic mass is 16.1. The summed E-state index contributed by atoms with van der Waals surface area (Å²) in [6.45, 7) is 2.97. The minimum absolute atomic E-state index is 0.0598. The van der Waals surface area contributed by atoms with Gasteiger partial charge in [0.15, 0.2) is 0 Å². The first-order valence-electron chi connectivity index (χ1n) is 6.63. The molecule has 0 saturated carbocycles. The smallest absolute Gasteiger partial charge is 0.229 e. The summed E-state index contributed by atoms with van der Waals surface area (Å²) >= 11 is 0. The van der Waals surface area contributed by atoms with E-state index in [9.17, 15) is 4.79 Å². The molecule has 19 heavy (non-hydrogen) atoms. The standard InChI is InChI=1S/C15H17N3O/c1-10-13(6-8-16-10)15(19)18-12-4-5-14-11(9-12)3-2-7-17-14/h2-5,7,9-10,13,16H,6,8H2,1H3,(H,18,19). The third kappa shape index (κ3) is 2.44. The van der Waals surface area contributed by atoms with Crippen molar-refractivity contribution in [1.29, 1.82) is 0 Å². The van der Waals surface area contributed by atoms with Crippen LogP contribution in [0.5, 0.6) is 0 Å². The number of rotatable bonds is 2. The van der Waals surface area contributed by atoms with Crippen LogP contribution in [-0.2, 0) is 4.79 Å². The van der Waals surface area contributed by atoms with Crippen LogP contribution in [0.25, 0.3) is 10.9 Å². The van der Waals surface area contributed by atoms with E-state index in [4.69, 9.17) is 0 Å². The monoisotopic (exact) mass is 255 g/mol. The lowest BCUT2D eigenvalue weighted by molar-refractivity contribution is -0.119. The number of nitrogens with zero attached hydrogens (tertiary/aromatic N) is 1. The molecule has 0 radical (unpaired) electrons. The predicted molar refractivity (Wildman–Crippen MR) is 75.9 cm³/mol. The zero-order valence-electron chi connectivity index (χ0n) is 10.9. The van der Waals surface area contributed by atoms with Gasteiger partial charge in [-0.25, -0.2) is 0 Å². The van der Waals surface area contributed by atoms with Gasteiger partial charge in [0, 0.05) is 23.3 Å². The number of hydrogen-bond donors (Lipinski definition) is 2. The maximum Gasteiger partial charge on any atom is 0.229 e. The molecule has 98 valence electrons. The average molecular weight is 255 g/mol. The number of aromatic nitrogens is 1. The molecule has 4 nitrogen and oxygen atoms in total. The Morgan fingerprint density at radius 1 is 1.42 bits per heavy atom. The van der Waals surface area contributed by atoms with Crippen LogP contribution in [0.3, 0.4) is 0 Å². The van der Waals surface area contributed by atoms with Crippen LogP contribution in [-0.4, -0.2) is 23.5 Å². The molecule has 3 rings (SSSR count). The number of pyridine rings is 1. The van der Waals surface area contributed by atoms with Crippen LogP contribution in [0.2, 0.25) is 0 Å². The molecule has 2 heterocycles. The van der Waals surface area contributed by atoms with Crippen LogP contribution >= 0.6 is 0 Å². The van der Waals surface area contributed by atoms with Crippen molar-refractivity contribution in [2.45, 2.75) is 19.4 Å². The number of carbonyl (C=O) groups is 1. The second-order valence-corrected chi connectivity index (χ2v) is 5.04. The maximum absolute atomic E-state index is 12.2. The van der Waals surface area contributed by atoms with Gasteiger partial charge in [-0.15, -0.1) is 0 Å². The molecule has 2 unspecified atom stereocenters. The van der Waals surface area contributed by atoms with Crippen molar-refractivity contribution in [1.82, 2.24) is 10.3 Å². The van der Waals surface area contributed by atoms with Crippen LogP contribution < -0.4 is 10.6 Å². The van der Waals surface area contributed by atoms with Gasteiger partial charge < -0.3 is 10.6 Å². The summed E-state index contributed by atoms with van der Waals surface area (Å²) in [6.07, 6.45) is 2.68. The van der Waals surface area contributed by atoms with E-state index in [2.05, 4.69) is 22.5 Å². The number of benzene rings is 1. The number of anilines is 1. The number of carbonyl (C=O) groups excluding carboxylic acids is 1. The van der Waals surface area contributed by atoms with E-state index in [1.165, 1.54) is 0 Å². The van der Waals surface area contributed by atoms with Crippen molar-refractivity contribution in [3.8, 4) is 0 Å². The number of nitrogens with one attached hydrogen (secondary N) is 2. The Labute approximate surface area is 112 Å². The van der Waals surface area contributed by atoms with Crippen LogP contribution in [0, 0.1) is 5.92 Å². The van der Waals surface area contributed by atoms with Gasteiger partial charge in [0.2, 0.25) is 5.91 Å². The lowest BCUT2D eigenvalue weighted by atomic mass is 10.0. The van der Waals surface area contributed by atoms with Crippen molar-refractivity contribution in [3.05, 3.63) is 36.5 Å². The van der Waals surface area contributed by atoms with E-state index >= 15 is 0 Å². The van der Waals surface area contributed by atoms with Gasteiger partial charge in [-0.2, -0.15) is 0 Å². The molecule has 2 aromatic rings. The zero-order chi connectivity index (χ0) is 13.2. The Hall–Kier alpha value is -1.94. The topological polar surface area (TPSA) is 54.0 Å². The highest BCUT2D eigenvalue weighted by molar-refractivity contribution is 5.95. The first kappa shape index (κ1) is 12.1. The fraction of sp³-hybridized carbons (Fsp3) is 0.333. The van der Waals surface area contributed by atoms with Gasteiger partial charge in [-0.1, -0.05) is 6.07 Å². The van der Waals surface area contributed by atoms with Crippen molar-refractivity contribution >= 4 is 22.5 Å². The summed E-state index contributed by atoms with van der Waals surface area (Å²) in [6, 6.07) is 9.95. The molecule has 1 aliphatic heterocycles. The Balaban J connectivity index is 1.79. The molecule has 0 aliphatic carbocycles. The van der Waals surface area contributed by atoms with Crippen molar-refractivity contribution in [2.24, 2.45) is 5.92 Å². The average Bonchev–Trinajstić information content (AvgIpc) is 2.85. The summed E-state index contributed by atoms with van der Waals surface area (Å²) in [5.74, 6) is 0.158. The van der Waals surface area contributed by atoms with Gasteiger partial charge in [-0.05, 0) is 44.2 Å². The first-order valence-corrected chi connectivity index (χ1v) is 6.63. The van der Waals surface area contributed by atoms with Gasteiger partial charge in [0.05, 0.1) is 11.4 Å². The van der Waals surface area contributed by atoms with Crippen LogP contribution in [0.15, 0.2) is 36.5 Å². The zero-order valence-corrected chi connectivity index (χ0v) is 10.9. The van der Waals surface area contributed by atoms with Crippen molar-refractivity contribution in [3.63, 3.8) is 0 Å². The third-order valence-electron chi connectivity index (χ3n) is 3.73. The van der Waals surface area contributed by atoms with Crippen molar-refractivity contribution < 1.29 is 4.79 Å². The Kier molecular flexibility index (Phi) is 3.17.